The van der Waals surface area contributed by atoms with Crippen LogP contribution in [0.1, 0.15) is 28.8 Å². The van der Waals surface area contributed by atoms with Crippen molar-refractivity contribution in [1.29, 1.82) is 0 Å². The van der Waals surface area contributed by atoms with E-state index >= 15 is 0 Å². The van der Waals surface area contributed by atoms with E-state index in [4.69, 9.17) is 23.2 Å². The maximum atomic E-state index is 12.7. The molecule has 0 N–H and O–H groups in total. The number of carbonyl (C=O) groups excluding carboxylic acids is 1. The Kier molecular flexibility index (Phi) is 4.83. The van der Waals surface area contributed by atoms with E-state index in [1.807, 2.05) is 0 Å². The van der Waals surface area contributed by atoms with E-state index in [9.17, 15) is 18.0 Å². The lowest BCUT2D eigenvalue weighted by atomic mass is 10.0. The molecular formula is C11H9Cl2F3O. The largest absolute Gasteiger partial charge is 0.417 e. The average Bonchev–Trinajstić information content (AvgIpc) is 2.24. The van der Waals surface area contributed by atoms with Gasteiger partial charge in [0, 0.05) is 22.9 Å². The molecule has 0 aliphatic rings. The molecule has 1 aromatic carbocycles. The van der Waals surface area contributed by atoms with E-state index in [2.05, 4.69) is 0 Å². The molecule has 0 saturated heterocycles. The van der Waals surface area contributed by atoms with Gasteiger partial charge in [-0.05, 0) is 24.6 Å². The van der Waals surface area contributed by atoms with Gasteiger partial charge in [-0.3, -0.25) is 4.79 Å². The van der Waals surface area contributed by atoms with E-state index in [0.717, 1.165) is 12.1 Å². The summed E-state index contributed by atoms with van der Waals surface area (Å²) in [6.45, 7) is 0. The lowest BCUT2D eigenvalue weighted by Gasteiger charge is -2.12. The maximum Gasteiger partial charge on any atom is 0.417 e. The predicted octanol–water partition coefficient (Wildman–Crippen LogP) is 4.56. The SMILES string of the molecule is O=C(CCCCl)c1ccc(Cl)cc1C(F)(F)F. The van der Waals surface area contributed by atoms with Crippen molar-refractivity contribution in [2.24, 2.45) is 0 Å². The number of alkyl halides is 4. The van der Waals surface area contributed by atoms with Crippen molar-refractivity contribution in [1.82, 2.24) is 0 Å². The third-order valence-electron chi connectivity index (χ3n) is 2.12. The highest BCUT2D eigenvalue weighted by molar-refractivity contribution is 6.30. The first-order valence-corrected chi connectivity index (χ1v) is 5.73. The fourth-order valence-electron chi connectivity index (χ4n) is 1.36. The van der Waals surface area contributed by atoms with Crippen LogP contribution in [0.25, 0.3) is 0 Å². The highest BCUT2D eigenvalue weighted by atomic mass is 35.5. The monoisotopic (exact) mass is 284 g/mol. The van der Waals surface area contributed by atoms with Crippen molar-refractivity contribution in [2.75, 3.05) is 5.88 Å². The summed E-state index contributed by atoms with van der Waals surface area (Å²) in [4.78, 5) is 11.6. The molecule has 0 spiro atoms. The molecule has 6 heteroatoms. The molecule has 0 heterocycles. The Hall–Kier alpha value is -0.740. The van der Waals surface area contributed by atoms with E-state index in [0.29, 0.717) is 6.42 Å². The number of halogens is 5. The third kappa shape index (κ3) is 3.89. The summed E-state index contributed by atoms with van der Waals surface area (Å²) in [6.07, 6.45) is -4.24. The molecule has 0 radical (unpaired) electrons. The van der Waals surface area contributed by atoms with Crippen LogP contribution in [-0.2, 0) is 6.18 Å². The summed E-state index contributed by atoms with van der Waals surface area (Å²) in [5.41, 5.74) is -1.35. The average molecular weight is 285 g/mol. The first-order valence-electron chi connectivity index (χ1n) is 4.82. The molecule has 1 nitrogen and oxygen atoms in total. The second-order valence-electron chi connectivity index (χ2n) is 3.40. The van der Waals surface area contributed by atoms with Crippen LogP contribution in [-0.4, -0.2) is 11.7 Å². The molecule has 0 aliphatic carbocycles. The summed E-state index contributed by atoms with van der Waals surface area (Å²) >= 11 is 10.9. The normalized spacial score (nSPS) is 11.6. The van der Waals surface area contributed by atoms with Crippen molar-refractivity contribution in [2.45, 2.75) is 19.0 Å². The molecule has 0 saturated carbocycles. The number of hydrogen-bond donors (Lipinski definition) is 0. The van der Waals surface area contributed by atoms with Gasteiger partial charge in [-0.15, -0.1) is 11.6 Å². The highest BCUT2D eigenvalue weighted by Crippen LogP contribution is 2.34. The minimum atomic E-state index is -4.59. The van der Waals surface area contributed by atoms with Gasteiger partial charge in [-0.1, -0.05) is 11.6 Å². The Bertz CT molecular complexity index is 416. The van der Waals surface area contributed by atoms with Crippen molar-refractivity contribution in [3.8, 4) is 0 Å². The van der Waals surface area contributed by atoms with Crippen LogP contribution in [0.4, 0.5) is 13.2 Å². The van der Waals surface area contributed by atoms with Gasteiger partial charge in [0.05, 0.1) is 5.56 Å². The zero-order valence-corrected chi connectivity index (χ0v) is 10.2. The molecule has 0 aliphatic heterocycles. The van der Waals surface area contributed by atoms with E-state index in [1.165, 1.54) is 6.07 Å². The fourth-order valence-corrected chi connectivity index (χ4v) is 1.66. The molecular weight excluding hydrogens is 276 g/mol. The van der Waals surface area contributed by atoms with E-state index < -0.39 is 17.5 Å². The molecule has 0 fully saturated rings. The minimum Gasteiger partial charge on any atom is -0.294 e. The standard InChI is InChI=1S/C11H9Cl2F3O/c12-5-1-2-10(17)8-4-3-7(13)6-9(8)11(14,15)16/h3-4,6H,1-2,5H2. The van der Waals surface area contributed by atoms with Gasteiger partial charge >= 0.3 is 6.18 Å². The third-order valence-corrected chi connectivity index (χ3v) is 2.63. The fraction of sp³-hybridized carbons (Fsp3) is 0.364. The Morgan fingerprint density at radius 1 is 1.29 bits per heavy atom. The van der Waals surface area contributed by atoms with Crippen LogP contribution in [0.15, 0.2) is 18.2 Å². The summed E-state index contributed by atoms with van der Waals surface area (Å²) in [7, 11) is 0. The van der Waals surface area contributed by atoms with Gasteiger partial charge < -0.3 is 0 Å². The first kappa shape index (κ1) is 14.3. The van der Waals surface area contributed by atoms with Gasteiger partial charge in [0.1, 0.15) is 0 Å². The molecule has 1 aromatic rings. The van der Waals surface area contributed by atoms with Crippen molar-refractivity contribution >= 4 is 29.0 Å². The Balaban J connectivity index is 3.11. The molecule has 17 heavy (non-hydrogen) atoms. The number of hydrogen-bond acceptors (Lipinski definition) is 1. The van der Waals surface area contributed by atoms with Crippen molar-refractivity contribution in [3.05, 3.63) is 34.3 Å². The quantitative estimate of drug-likeness (QED) is 0.585. The van der Waals surface area contributed by atoms with Gasteiger partial charge in [-0.2, -0.15) is 13.2 Å². The smallest absolute Gasteiger partial charge is 0.294 e. The van der Waals surface area contributed by atoms with Gasteiger partial charge in [0.15, 0.2) is 5.78 Å². The number of carbonyl (C=O) groups is 1. The topological polar surface area (TPSA) is 17.1 Å². The molecule has 1 rings (SSSR count). The zero-order valence-electron chi connectivity index (χ0n) is 8.65. The van der Waals surface area contributed by atoms with Crippen LogP contribution in [0.5, 0.6) is 0 Å². The molecule has 0 atom stereocenters. The first-order chi connectivity index (χ1) is 7.86. The molecule has 94 valence electrons. The van der Waals surface area contributed by atoms with Crippen LogP contribution in [0.2, 0.25) is 5.02 Å². The molecule has 0 bridgehead atoms. The van der Waals surface area contributed by atoms with Gasteiger partial charge in [-0.25, -0.2) is 0 Å². The zero-order chi connectivity index (χ0) is 13.1. The van der Waals surface area contributed by atoms with Crippen molar-refractivity contribution < 1.29 is 18.0 Å². The van der Waals surface area contributed by atoms with Crippen LogP contribution < -0.4 is 0 Å². The predicted molar refractivity (Wildman–Crippen MR) is 60.7 cm³/mol. The van der Waals surface area contributed by atoms with Crippen LogP contribution >= 0.6 is 23.2 Å². The second-order valence-corrected chi connectivity index (χ2v) is 4.22. The molecule has 0 amide bonds. The number of rotatable bonds is 4. The second kappa shape index (κ2) is 5.74. The van der Waals surface area contributed by atoms with Gasteiger partial charge in [0.2, 0.25) is 0 Å². The number of benzene rings is 1. The molecule has 0 aromatic heterocycles. The van der Waals surface area contributed by atoms with E-state index in [1.54, 1.807) is 0 Å². The Morgan fingerprint density at radius 2 is 1.94 bits per heavy atom. The highest BCUT2D eigenvalue weighted by Gasteiger charge is 2.35. The minimum absolute atomic E-state index is 0.00574. The lowest BCUT2D eigenvalue weighted by molar-refractivity contribution is -0.137. The summed E-state index contributed by atoms with van der Waals surface area (Å²) in [5, 5.41) is -0.0498. The summed E-state index contributed by atoms with van der Waals surface area (Å²) in [6, 6.07) is 3.13. The molecule has 0 unspecified atom stereocenters. The number of Topliss-reactive ketones (excluding diaryl/α,β-unsaturated/α-hetero) is 1. The van der Waals surface area contributed by atoms with Gasteiger partial charge in [0.25, 0.3) is 0 Å². The van der Waals surface area contributed by atoms with Crippen LogP contribution in [0.3, 0.4) is 0 Å². The van der Waals surface area contributed by atoms with Crippen molar-refractivity contribution in [3.63, 3.8) is 0 Å². The lowest BCUT2D eigenvalue weighted by Crippen LogP contribution is -2.13. The maximum absolute atomic E-state index is 12.7. The Labute approximate surface area is 107 Å². The summed E-state index contributed by atoms with van der Waals surface area (Å²) < 4.78 is 38.0. The summed E-state index contributed by atoms with van der Waals surface area (Å²) in [5.74, 6) is -0.338. The number of ketones is 1. The Morgan fingerprint density at radius 3 is 2.47 bits per heavy atom. The van der Waals surface area contributed by atoms with Crippen LogP contribution in [0, 0.1) is 0 Å². The van der Waals surface area contributed by atoms with E-state index in [-0.39, 0.29) is 22.9 Å².